The summed E-state index contributed by atoms with van der Waals surface area (Å²) < 4.78 is 7.16. The molecule has 0 saturated heterocycles. The largest absolute Gasteiger partial charge is 0.497 e. The van der Waals surface area contributed by atoms with Crippen molar-refractivity contribution < 1.29 is 4.74 Å². The Labute approximate surface area is 206 Å². The van der Waals surface area contributed by atoms with Crippen molar-refractivity contribution in [3.05, 3.63) is 117 Å². The van der Waals surface area contributed by atoms with Gasteiger partial charge in [0.15, 0.2) is 0 Å². The summed E-state index contributed by atoms with van der Waals surface area (Å²) in [6.45, 7) is 5.88. The summed E-state index contributed by atoms with van der Waals surface area (Å²) in [5, 5.41) is 0. The first-order valence-electron chi connectivity index (χ1n) is 11.9. The quantitative estimate of drug-likeness (QED) is 0.399. The molecular formula is C29H30N4O2. The van der Waals surface area contributed by atoms with E-state index in [0.29, 0.717) is 25.7 Å². The molecule has 0 radical (unpaired) electrons. The number of nitrogens with zero attached hydrogens (tertiary/aromatic N) is 4. The summed E-state index contributed by atoms with van der Waals surface area (Å²) in [7, 11) is 1.66. The number of hydrogen-bond donors (Lipinski definition) is 0. The van der Waals surface area contributed by atoms with E-state index in [4.69, 9.17) is 9.72 Å². The minimum absolute atomic E-state index is 0.0171. The lowest BCUT2D eigenvalue weighted by atomic mass is 10.1. The van der Waals surface area contributed by atoms with Crippen LogP contribution in [0.15, 0.2) is 83.7 Å². The Morgan fingerprint density at radius 3 is 2.26 bits per heavy atom. The van der Waals surface area contributed by atoms with Crippen LogP contribution in [0, 0.1) is 13.8 Å². The highest BCUT2D eigenvalue weighted by molar-refractivity contribution is 5.59. The van der Waals surface area contributed by atoms with Crippen molar-refractivity contribution in [3.63, 3.8) is 0 Å². The molecule has 0 bridgehead atoms. The molecule has 4 aromatic rings. The number of aryl methyl sites for hydroxylation is 2. The second-order valence-corrected chi connectivity index (χ2v) is 9.09. The first kappa shape index (κ1) is 22.9. The standard InChI is InChI=1S/C29H30N4O2/c1-21-9-11-24(12-10-21)18-31-19-32(25-13-15-26(35-3)16-14-25)29-30-22(2)27(28(34)33(29)20-31)17-23-7-5-4-6-8-23/h4-16H,17-20H2,1-3H3. The number of anilines is 2. The maximum atomic E-state index is 13.8. The van der Waals surface area contributed by atoms with Crippen LogP contribution in [-0.4, -0.2) is 28.2 Å². The minimum Gasteiger partial charge on any atom is -0.497 e. The molecule has 1 aliphatic heterocycles. The highest BCUT2D eigenvalue weighted by Crippen LogP contribution is 2.30. The van der Waals surface area contributed by atoms with Gasteiger partial charge in [0.1, 0.15) is 5.75 Å². The number of ether oxygens (including phenoxy) is 1. The van der Waals surface area contributed by atoms with Gasteiger partial charge in [0.2, 0.25) is 5.95 Å². The number of rotatable bonds is 6. The van der Waals surface area contributed by atoms with E-state index >= 15 is 0 Å². The Hall–Kier alpha value is -3.90. The summed E-state index contributed by atoms with van der Waals surface area (Å²) in [5.41, 5.74) is 6.06. The van der Waals surface area contributed by atoms with Crippen LogP contribution in [0.3, 0.4) is 0 Å². The topological polar surface area (TPSA) is 50.6 Å². The van der Waals surface area contributed by atoms with Gasteiger partial charge in [-0.1, -0.05) is 60.2 Å². The monoisotopic (exact) mass is 466 g/mol. The number of hydrogen-bond acceptors (Lipinski definition) is 5. The Bertz CT molecular complexity index is 1360. The number of methoxy groups -OCH3 is 1. The number of fused-ring (bicyclic) bond motifs is 1. The zero-order valence-electron chi connectivity index (χ0n) is 20.4. The molecule has 0 aliphatic carbocycles. The van der Waals surface area contributed by atoms with Crippen LogP contribution in [0.4, 0.5) is 11.6 Å². The van der Waals surface area contributed by atoms with E-state index in [1.165, 1.54) is 11.1 Å². The lowest BCUT2D eigenvalue weighted by molar-refractivity contribution is 0.189. The molecule has 2 heterocycles. The van der Waals surface area contributed by atoms with Crippen molar-refractivity contribution in [3.8, 4) is 5.75 Å². The fourth-order valence-electron chi connectivity index (χ4n) is 4.54. The van der Waals surface area contributed by atoms with Gasteiger partial charge in [0.05, 0.1) is 26.1 Å². The molecular weight excluding hydrogens is 436 g/mol. The molecule has 0 unspecified atom stereocenters. The predicted molar refractivity (Wildman–Crippen MR) is 139 cm³/mol. The van der Waals surface area contributed by atoms with Gasteiger partial charge in [0, 0.05) is 24.2 Å². The van der Waals surface area contributed by atoms with E-state index in [1.807, 2.05) is 54.0 Å². The van der Waals surface area contributed by atoms with Crippen LogP contribution >= 0.6 is 0 Å². The van der Waals surface area contributed by atoms with Crippen LogP contribution in [0.1, 0.15) is 27.9 Å². The third-order valence-corrected chi connectivity index (χ3v) is 6.51. The molecule has 0 fully saturated rings. The Morgan fingerprint density at radius 1 is 0.857 bits per heavy atom. The molecule has 6 nitrogen and oxygen atoms in total. The fraction of sp³-hybridized carbons (Fsp3) is 0.241. The normalized spacial score (nSPS) is 13.5. The van der Waals surface area contributed by atoms with E-state index < -0.39 is 0 Å². The second-order valence-electron chi connectivity index (χ2n) is 9.09. The fourth-order valence-corrected chi connectivity index (χ4v) is 4.54. The van der Waals surface area contributed by atoms with Crippen molar-refractivity contribution in [2.24, 2.45) is 0 Å². The summed E-state index contributed by atoms with van der Waals surface area (Å²) in [6, 6.07) is 26.6. The van der Waals surface area contributed by atoms with Gasteiger partial charge >= 0.3 is 0 Å². The van der Waals surface area contributed by atoms with Gasteiger partial charge in [0.25, 0.3) is 5.56 Å². The molecule has 0 spiro atoms. The number of benzene rings is 3. The molecule has 0 N–H and O–H groups in total. The van der Waals surface area contributed by atoms with Gasteiger partial charge in [-0.3, -0.25) is 19.2 Å². The van der Waals surface area contributed by atoms with Gasteiger partial charge in [-0.25, -0.2) is 4.98 Å². The highest BCUT2D eigenvalue weighted by Gasteiger charge is 2.28. The molecule has 0 saturated carbocycles. The summed E-state index contributed by atoms with van der Waals surface area (Å²) >= 11 is 0. The highest BCUT2D eigenvalue weighted by atomic mass is 16.5. The van der Waals surface area contributed by atoms with Gasteiger partial charge in [-0.2, -0.15) is 0 Å². The third kappa shape index (κ3) is 4.84. The molecule has 5 rings (SSSR count). The number of aromatic nitrogens is 2. The molecule has 35 heavy (non-hydrogen) atoms. The van der Waals surface area contributed by atoms with Crippen LogP contribution in [0.5, 0.6) is 5.75 Å². The Balaban J connectivity index is 1.56. The molecule has 178 valence electrons. The van der Waals surface area contributed by atoms with Gasteiger partial charge in [-0.15, -0.1) is 0 Å². The zero-order valence-corrected chi connectivity index (χ0v) is 20.4. The van der Waals surface area contributed by atoms with E-state index in [0.717, 1.165) is 34.8 Å². The van der Waals surface area contributed by atoms with Crippen molar-refractivity contribution in [2.75, 3.05) is 18.7 Å². The van der Waals surface area contributed by atoms with E-state index in [2.05, 4.69) is 53.1 Å². The van der Waals surface area contributed by atoms with Crippen molar-refractivity contribution in [2.45, 2.75) is 33.5 Å². The van der Waals surface area contributed by atoms with E-state index in [9.17, 15) is 4.79 Å². The summed E-state index contributed by atoms with van der Waals surface area (Å²) in [6.07, 6.45) is 0.569. The van der Waals surface area contributed by atoms with Crippen molar-refractivity contribution in [1.82, 2.24) is 14.5 Å². The second kappa shape index (κ2) is 9.76. The molecule has 1 aliphatic rings. The molecule has 6 heteroatoms. The minimum atomic E-state index is 0.0171. The van der Waals surface area contributed by atoms with Crippen molar-refractivity contribution >= 4 is 11.6 Å². The molecule has 3 aromatic carbocycles. The Morgan fingerprint density at radius 2 is 1.57 bits per heavy atom. The van der Waals surface area contributed by atoms with Crippen LogP contribution in [0.25, 0.3) is 0 Å². The summed E-state index contributed by atoms with van der Waals surface area (Å²) in [5.74, 6) is 1.47. The lowest BCUT2D eigenvalue weighted by Gasteiger charge is -2.38. The summed E-state index contributed by atoms with van der Waals surface area (Å²) in [4.78, 5) is 23.1. The van der Waals surface area contributed by atoms with Crippen LogP contribution in [-0.2, 0) is 19.6 Å². The lowest BCUT2D eigenvalue weighted by Crippen LogP contribution is -2.47. The van der Waals surface area contributed by atoms with Gasteiger partial charge < -0.3 is 4.74 Å². The molecule has 0 amide bonds. The maximum Gasteiger partial charge on any atom is 0.259 e. The Kier molecular flexibility index (Phi) is 6.38. The first-order chi connectivity index (χ1) is 17.0. The zero-order chi connectivity index (χ0) is 24.4. The van der Waals surface area contributed by atoms with Crippen LogP contribution in [0.2, 0.25) is 0 Å². The predicted octanol–water partition coefficient (Wildman–Crippen LogP) is 5.03. The molecule has 1 aromatic heterocycles. The molecule has 0 atom stereocenters. The third-order valence-electron chi connectivity index (χ3n) is 6.51. The average Bonchev–Trinajstić information content (AvgIpc) is 2.89. The first-order valence-corrected chi connectivity index (χ1v) is 11.9. The van der Waals surface area contributed by atoms with E-state index in [-0.39, 0.29) is 5.56 Å². The average molecular weight is 467 g/mol. The van der Waals surface area contributed by atoms with E-state index in [1.54, 1.807) is 7.11 Å². The maximum absolute atomic E-state index is 13.8. The van der Waals surface area contributed by atoms with Gasteiger partial charge in [-0.05, 0) is 49.2 Å². The van der Waals surface area contributed by atoms with Crippen molar-refractivity contribution in [1.29, 1.82) is 0 Å². The smallest absolute Gasteiger partial charge is 0.259 e. The SMILES string of the molecule is COc1ccc(N2CN(Cc3ccc(C)cc3)Cn3c2nc(C)c(Cc2ccccc2)c3=O)cc1. The van der Waals surface area contributed by atoms with Crippen LogP contribution < -0.4 is 15.2 Å².